The molecule has 350 valence electrons. The lowest BCUT2D eigenvalue weighted by molar-refractivity contribution is 0.287. The van der Waals surface area contributed by atoms with Crippen molar-refractivity contribution in [2.45, 2.75) is 32.4 Å². The third kappa shape index (κ3) is 8.01. The normalized spacial score (nSPS) is 18.8. The van der Waals surface area contributed by atoms with Crippen molar-refractivity contribution in [3.8, 4) is 44.5 Å². The average Bonchev–Trinajstić information content (AvgIpc) is 3.85. The highest BCUT2D eigenvalue weighted by Crippen LogP contribution is 2.62. The van der Waals surface area contributed by atoms with Gasteiger partial charge in [-0.1, -0.05) is 232 Å². The maximum atomic E-state index is 3.87. The van der Waals surface area contributed by atoms with Gasteiger partial charge < -0.3 is 10.2 Å². The van der Waals surface area contributed by atoms with Gasteiger partial charge >= 0.3 is 0 Å². The lowest BCUT2D eigenvalue weighted by atomic mass is 9.53. The molecule has 2 aliphatic carbocycles. The van der Waals surface area contributed by atoms with Crippen LogP contribution in [-0.2, 0) is 0 Å². The van der Waals surface area contributed by atoms with E-state index >= 15 is 0 Å². The van der Waals surface area contributed by atoms with E-state index in [1.54, 1.807) is 0 Å². The summed E-state index contributed by atoms with van der Waals surface area (Å²) in [5.74, 6) is 0.339. The molecule has 0 radical (unpaired) electrons. The number of anilines is 3. The van der Waals surface area contributed by atoms with E-state index in [2.05, 4.69) is 291 Å². The van der Waals surface area contributed by atoms with Crippen molar-refractivity contribution in [3.63, 3.8) is 0 Å². The van der Waals surface area contributed by atoms with Gasteiger partial charge in [0, 0.05) is 17.0 Å². The molecule has 1 aliphatic heterocycles. The second-order valence-corrected chi connectivity index (χ2v) is 20.4. The minimum absolute atomic E-state index is 0.0389. The maximum Gasteiger partial charge on any atom is 0.130 e. The molecule has 3 aliphatic rings. The average molecular weight is 937 g/mol. The van der Waals surface area contributed by atoms with Gasteiger partial charge in [0.25, 0.3) is 0 Å². The van der Waals surface area contributed by atoms with E-state index in [9.17, 15) is 0 Å². The van der Waals surface area contributed by atoms with E-state index in [0.29, 0.717) is 0 Å². The lowest BCUT2D eigenvalue weighted by Crippen LogP contribution is -2.37. The summed E-state index contributed by atoms with van der Waals surface area (Å²) in [6.45, 7) is 5.04. The van der Waals surface area contributed by atoms with Gasteiger partial charge in [-0.25, -0.2) is 0 Å². The molecule has 13 rings (SSSR count). The van der Waals surface area contributed by atoms with Gasteiger partial charge in [0.1, 0.15) is 6.17 Å². The second kappa shape index (κ2) is 18.5. The molecule has 1 heterocycles. The lowest BCUT2D eigenvalue weighted by Gasteiger charge is -2.50. The quantitative estimate of drug-likeness (QED) is 0.155. The molecule has 1 N–H and O–H groups in total. The van der Waals surface area contributed by atoms with Gasteiger partial charge in [0.2, 0.25) is 0 Å². The third-order valence-corrected chi connectivity index (χ3v) is 15.9. The van der Waals surface area contributed by atoms with Crippen LogP contribution in [-0.4, -0.2) is 0 Å². The zero-order chi connectivity index (χ0) is 48.9. The van der Waals surface area contributed by atoms with Gasteiger partial charge in [-0.05, 0) is 155 Å². The molecule has 0 spiro atoms. The van der Waals surface area contributed by atoms with Crippen molar-refractivity contribution in [3.05, 3.63) is 306 Å². The first kappa shape index (κ1) is 44.2. The Balaban J connectivity index is 1.02. The van der Waals surface area contributed by atoms with E-state index in [0.717, 1.165) is 12.1 Å². The fraction of sp³-hybridized carbons (Fsp3) is 0.0986. The van der Waals surface area contributed by atoms with Crippen LogP contribution < -0.4 is 10.2 Å². The smallest absolute Gasteiger partial charge is 0.130 e. The number of para-hydroxylation sites is 3. The molecule has 10 aromatic carbocycles. The van der Waals surface area contributed by atoms with Crippen LogP contribution in [0.5, 0.6) is 0 Å². The Bertz CT molecular complexity index is 3580. The van der Waals surface area contributed by atoms with E-state index in [-0.39, 0.29) is 23.4 Å². The first-order chi connectivity index (χ1) is 36.0. The summed E-state index contributed by atoms with van der Waals surface area (Å²) in [7, 11) is 0. The second-order valence-electron chi connectivity index (χ2n) is 20.4. The summed E-state index contributed by atoms with van der Waals surface area (Å²) >= 11 is 0. The number of rotatable bonds is 9. The van der Waals surface area contributed by atoms with Crippen molar-refractivity contribution in [2.75, 3.05) is 10.2 Å². The highest BCUT2D eigenvalue weighted by Gasteiger charge is 2.48. The van der Waals surface area contributed by atoms with Crippen LogP contribution in [0.2, 0.25) is 0 Å². The van der Waals surface area contributed by atoms with Gasteiger partial charge in [0.15, 0.2) is 0 Å². The third-order valence-electron chi connectivity index (χ3n) is 15.9. The number of hydrogen-bond acceptors (Lipinski definition) is 2. The standard InChI is InChI=1S/C71H56N2/c1-48-47-71(2)65(46-64(48)53-36-38-54(39-37-53)70-72-66-34-20-21-35-67(66)73(70)61-30-16-7-17-31-61)68(59-42-55(49-22-8-3-9-23-49)40-56(43-59)50-24-10-4-11-25-50)62-32-18-19-33-63(62)69(71)60-44-57(51-26-12-5-13-27-51)41-58(45-60)52-28-14-6-15-29-52/h3-46,48,69-70,72H,47H2,1-2H3. The van der Waals surface area contributed by atoms with Gasteiger partial charge in [-0.15, -0.1) is 0 Å². The minimum atomic E-state index is -0.290. The van der Waals surface area contributed by atoms with E-state index < -0.39 is 0 Å². The monoisotopic (exact) mass is 936 g/mol. The van der Waals surface area contributed by atoms with Crippen LogP contribution in [0.25, 0.3) is 55.7 Å². The zero-order valence-corrected chi connectivity index (χ0v) is 41.3. The Labute approximate surface area is 430 Å². The molecule has 0 fully saturated rings. The molecule has 4 atom stereocenters. The summed E-state index contributed by atoms with van der Waals surface area (Å²) in [5.41, 5.74) is 24.8. The van der Waals surface area contributed by atoms with E-state index in [4.69, 9.17) is 0 Å². The number of hydrogen-bond donors (Lipinski definition) is 1. The number of allylic oxidation sites excluding steroid dienone is 3. The highest BCUT2D eigenvalue weighted by molar-refractivity contribution is 5.94. The van der Waals surface area contributed by atoms with Crippen LogP contribution in [0, 0.1) is 11.3 Å². The van der Waals surface area contributed by atoms with Crippen molar-refractivity contribution < 1.29 is 0 Å². The van der Waals surface area contributed by atoms with E-state index in [1.807, 2.05) is 0 Å². The number of fused-ring (bicyclic) bond motifs is 3. The van der Waals surface area contributed by atoms with Crippen molar-refractivity contribution in [2.24, 2.45) is 11.3 Å². The Hall–Kier alpha value is -8.72. The fourth-order valence-corrected chi connectivity index (χ4v) is 12.5. The molecule has 0 amide bonds. The molecule has 2 heteroatoms. The summed E-state index contributed by atoms with van der Waals surface area (Å²) in [6.07, 6.45) is 3.56. The highest BCUT2D eigenvalue weighted by atomic mass is 15.3. The van der Waals surface area contributed by atoms with Crippen LogP contribution in [0.4, 0.5) is 17.1 Å². The molecule has 0 saturated carbocycles. The Kier molecular flexibility index (Phi) is 11.2. The van der Waals surface area contributed by atoms with Crippen molar-refractivity contribution in [1.82, 2.24) is 0 Å². The van der Waals surface area contributed by atoms with Crippen LogP contribution in [0.3, 0.4) is 0 Å². The van der Waals surface area contributed by atoms with Crippen molar-refractivity contribution >= 4 is 28.2 Å². The zero-order valence-electron chi connectivity index (χ0n) is 41.3. The molecule has 4 unspecified atom stereocenters. The maximum absolute atomic E-state index is 3.87. The summed E-state index contributed by atoms with van der Waals surface area (Å²) in [6, 6.07) is 96.5. The first-order valence-corrected chi connectivity index (χ1v) is 25.8. The minimum Gasteiger partial charge on any atom is -0.359 e. The molecule has 73 heavy (non-hydrogen) atoms. The van der Waals surface area contributed by atoms with Gasteiger partial charge in [-0.2, -0.15) is 0 Å². The molecule has 0 aromatic heterocycles. The van der Waals surface area contributed by atoms with Gasteiger partial charge in [0.05, 0.1) is 11.4 Å². The summed E-state index contributed by atoms with van der Waals surface area (Å²) in [5, 5.41) is 3.87. The molecule has 10 aromatic rings. The predicted molar refractivity (Wildman–Crippen MR) is 307 cm³/mol. The summed E-state index contributed by atoms with van der Waals surface area (Å²) < 4.78 is 0. The predicted octanol–water partition coefficient (Wildman–Crippen LogP) is 18.7. The van der Waals surface area contributed by atoms with Crippen molar-refractivity contribution in [1.29, 1.82) is 0 Å². The molecule has 0 bridgehead atoms. The number of nitrogens with one attached hydrogen (secondary N) is 1. The number of nitrogens with zero attached hydrogens (tertiary/aromatic N) is 1. The first-order valence-electron chi connectivity index (χ1n) is 25.8. The van der Waals surface area contributed by atoms with E-state index in [1.165, 1.54) is 106 Å². The molecule has 0 saturated heterocycles. The Morgan fingerprint density at radius 3 is 1.45 bits per heavy atom. The van der Waals surface area contributed by atoms with Crippen LogP contribution in [0.1, 0.15) is 65.7 Å². The Morgan fingerprint density at radius 2 is 0.890 bits per heavy atom. The van der Waals surface area contributed by atoms with Crippen LogP contribution in [0.15, 0.2) is 273 Å². The molecular formula is C71H56N2. The topological polar surface area (TPSA) is 15.3 Å². The Morgan fingerprint density at radius 1 is 0.425 bits per heavy atom. The molecular weight excluding hydrogens is 881 g/mol. The van der Waals surface area contributed by atoms with Gasteiger partial charge in [-0.3, -0.25) is 0 Å². The fourth-order valence-electron chi connectivity index (χ4n) is 12.5. The summed E-state index contributed by atoms with van der Waals surface area (Å²) in [4.78, 5) is 2.43. The molecule has 2 nitrogen and oxygen atoms in total. The largest absolute Gasteiger partial charge is 0.359 e. The number of benzene rings is 10. The SMILES string of the molecule is CC1CC2(C)C(=C(c3cc(-c4ccccc4)cc(-c4ccccc4)c3)c3ccccc3C2c2cc(-c3ccccc3)cc(-c3ccccc3)c2)C=C1c1ccc(C2Nc3ccccc3N2c2ccccc2)cc1. The van der Waals surface area contributed by atoms with Crippen LogP contribution >= 0.6 is 0 Å².